The van der Waals surface area contributed by atoms with E-state index in [1.165, 1.54) is 4.68 Å². The van der Waals surface area contributed by atoms with E-state index < -0.39 is 12.0 Å². The first-order valence-corrected chi connectivity index (χ1v) is 10.9. The van der Waals surface area contributed by atoms with Gasteiger partial charge in [-0.15, -0.1) is 5.10 Å². The topological polar surface area (TPSA) is 63.5 Å². The molecule has 31 heavy (non-hydrogen) atoms. The molecule has 0 saturated carbocycles. The molecule has 2 aliphatic rings. The number of rotatable bonds is 7. The monoisotopic (exact) mass is 433 g/mol. The van der Waals surface area contributed by atoms with Gasteiger partial charge in [0.1, 0.15) is 5.75 Å². The highest BCUT2D eigenvalue weighted by molar-refractivity contribution is 5.92. The largest absolute Gasteiger partial charge is 0.491 e. The maximum absolute atomic E-state index is 14.2. The highest BCUT2D eigenvalue weighted by Gasteiger charge is 2.45. The third kappa shape index (κ3) is 5.39. The zero-order valence-electron chi connectivity index (χ0n) is 18.0. The van der Waals surface area contributed by atoms with Crippen molar-refractivity contribution in [1.29, 1.82) is 0 Å². The lowest BCUT2D eigenvalue weighted by Gasteiger charge is -2.23. The van der Waals surface area contributed by atoms with Gasteiger partial charge in [0.15, 0.2) is 5.69 Å². The summed E-state index contributed by atoms with van der Waals surface area (Å²) >= 11 is 0. The number of hydrogen-bond acceptors (Lipinski definition) is 5. The summed E-state index contributed by atoms with van der Waals surface area (Å²) in [7, 11) is 0. The predicted molar refractivity (Wildman–Crippen MR) is 111 cm³/mol. The van der Waals surface area contributed by atoms with E-state index in [4.69, 9.17) is 4.74 Å². The molecule has 0 spiro atoms. The van der Waals surface area contributed by atoms with E-state index in [0.717, 1.165) is 37.2 Å². The molecule has 0 bridgehead atoms. The molecule has 7 nitrogen and oxygen atoms in total. The lowest BCUT2D eigenvalue weighted by Crippen LogP contribution is -2.33. The molecule has 1 aromatic heterocycles. The maximum atomic E-state index is 14.2. The summed E-state index contributed by atoms with van der Waals surface area (Å²) in [6.45, 7) is 5.76. The lowest BCUT2D eigenvalue weighted by atomic mass is 10.1. The van der Waals surface area contributed by atoms with Gasteiger partial charge in [-0.1, -0.05) is 17.3 Å². The highest BCUT2D eigenvalue weighted by atomic mass is 19.3. The second-order valence-corrected chi connectivity index (χ2v) is 8.75. The maximum Gasteiger partial charge on any atom is 0.276 e. The summed E-state index contributed by atoms with van der Waals surface area (Å²) < 4.78 is 35.6. The number of likely N-dealkylation sites (tertiary alicyclic amines) is 2. The van der Waals surface area contributed by atoms with E-state index >= 15 is 0 Å². The molecule has 168 valence electrons. The summed E-state index contributed by atoms with van der Waals surface area (Å²) in [5.74, 6) is -2.12. The van der Waals surface area contributed by atoms with Crippen LogP contribution in [0.25, 0.3) is 0 Å². The van der Waals surface area contributed by atoms with Crippen LogP contribution in [0.5, 0.6) is 5.75 Å². The zero-order chi connectivity index (χ0) is 22.0. The molecule has 4 rings (SSSR count). The van der Waals surface area contributed by atoms with E-state index in [1.807, 2.05) is 38.1 Å². The molecular weight excluding hydrogens is 404 g/mol. The molecular formula is C22H29F2N5O2. The van der Waals surface area contributed by atoms with Crippen LogP contribution < -0.4 is 4.74 Å². The predicted octanol–water partition coefficient (Wildman–Crippen LogP) is 3.21. The van der Waals surface area contributed by atoms with Gasteiger partial charge >= 0.3 is 0 Å². The Kier molecular flexibility index (Phi) is 6.22. The molecule has 2 aliphatic heterocycles. The first-order valence-electron chi connectivity index (χ1n) is 10.9. The number of benzene rings is 1. The average Bonchev–Trinajstić information content (AvgIpc) is 3.44. The van der Waals surface area contributed by atoms with Gasteiger partial charge in [0.2, 0.25) is 0 Å². The van der Waals surface area contributed by atoms with Crippen molar-refractivity contribution >= 4 is 5.91 Å². The Balaban J connectivity index is 1.41. The van der Waals surface area contributed by atoms with Crippen LogP contribution in [0.4, 0.5) is 8.78 Å². The van der Waals surface area contributed by atoms with Crippen molar-refractivity contribution in [3.8, 4) is 5.75 Å². The number of amides is 1. The van der Waals surface area contributed by atoms with Crippen LogP contribution in [0.2, 0.25) is 0 Å². The average molecular weight is 434 g/mol. The van der Waals surface area contributed by atoms with E-state index in [9.17, 15) is 13.6 Å². The SMILES string of the molecule is CC(C)Oc1ccc(CN2CC(F)(F)CC2Cn2cc(C(=O)N3CCCC3)nn2)cc1. The first kappa shape index (κ1) is 21.7. The number of hydrogen-bond donors (Lipinski definition) is 0. The molecule has 2 fully saturated rings. The number of aromatic nitrogens is 3. The van der Waals surface area contributed by atoms with Crippen LogP contribution in [0.15, 0.2) is 30.5 Å². The van der Waals surface area contributed by atoms with Gasteiger partial charge in [0, 0.05) is 32.1 Å². The zero-order valence-corrected chi connectivity index (χ0v) is 18.0. The van der Waals surface area contributed by atoms with Crippen LogP contribution in [0.3, 0.4) is 0 Å². The fourth-order valence-corrected chi connectivity index (χ4v) is 4.29. The molecule has 9 heteroatoms. The molecule has 1 atom stereocenters. The number of ether oxygens (including phenoxy) is 1. The highest BCUT2D eigenvalue weighted by Crippen LogP contribution is 2.34. The number of alkyl halides is 2. The van der Waals surface area contributed by atoms with Crippen molar-refractivity contribution in [3.63, 3.8) is 0 Å². The molecule has 2 saturated heterocycles. The minimum Gasteiger partial charge on any atom is -0.491 e. The van der Waals surface area contributed by atoms with Gasteiger partial charge in [0.25, 0.3) is 11.8 Å². The smallest absolute Gasteiger partial charge is 0.276 e. The molecule has 1 aromatic carbocycles. The van der Waals surface area contributed by atoms with Gasteiger partial charge in [-0.2, -0.15) is 0 Å². The third-order valence-electron chi connectivity index (χ3n) is 5.71. The van der Waals surface area contributed by atoms with Crippen LogP contribution in [0.1, 0.15) is 49.2 Å². The first-order chi connectivity index (χ1) is 14.8. The molecule has 1 amide bonds. The molecule has 2 aromatic rings. The van der Waals surface area contributed by atoms with E-state index in [1.54, 1.807) is 16.0 Å². The van der Waals surface area contributed by atoms with Gasteiger partial charge in [-0.3, -0.25) is 14.4 Å². The van der Waals surface area contributed by atoms with E-state index in [0.29, 0.717) is 6.54 Å². The molecule has 3 heterocycles. The molecule has 0 radical (unpaired) electrons. The second-order valence-electron chi connectivity index (χ2n) is 8.75. The Hall–Kier alpha value is -2.55. The Morgan fingerprint density at radius 3 is 2.61 bits per heavy atom. The molecule has 1 unspecified atom stereocenters. The fourth-order valence-electron chi connectivity index (χ4n) is 4.29. The Labute approximate surface area is 181 Å². The standard InChI is InChI=1S/C22H29F2N5O2/c1-16(2)31-19-7-5-17(6-8-19)12-28-15-22(23,24)11-18(28)13-29-14-20(25-26-29)21(30)27-9-3-4-10-27/h5-8,14,16,18H,3-4,9-13,15H2,1-2H3. The summed E-state index contributed by atoms with van der Waals surface area (Å²) in [5.41, 5.74) is 1.22. The number of halogens is 2. The van der Waals surface area contributed by atoms with Gasteiger partial charge in [-0.05, 0) is 44.4 Å². The van der Waals surface area contributed by atoms with Crippen molar-refractivity contribution in [2.24, 2.45) is 0 Å². The Bertz CT molecular complexity index is 894. The summed E-state index contributed by atoms with van der Waals surface area (Å²) in [6, 6.07) is 7.16. The minimum absolute atomic E-state index is 0.0809. The van der Waals surface area contributed by atoms with Crippen LogP contribution >= 0.6 is 0 Å². The minimum atomic E-state index is -2.75. The summed E-state index contributed by atoms with van der Waals surface area (Å²) in [6.07, 6.45) is 3.41. The normalized spacial score (nSPS) is 21.2. The number of carbonyl (C=O) groups is 1. The van der Waals surface area contributed by atoms with Gasteiger partial charge in [0.05, 0.1) is 25.4 Å². The van der Waals surface area contributed by atoms with Crippen LogP contribution in [-0.4, -0.2) is 68.4 Å². The Morgan fingerprint density at radius 2 is 1.94 bits per heavy atom. The number of nitrogens with zero attached hydrogens (tertiary/aromatic N) is 5. The van der Waals surface area contributed by atoms with Crippen molar-refractivity contribution in [1.82, 2.24) is 24.8 Å². The van der Waals surface area contributed by atoms with Crippen molar-refractivity contribution in [3.05, 3.63) is 41.7 Å². The van der Waals surface area contributed by atoms with Gasteiger partial charge in [-0.25, -0.2) is 8.78 Å². The summed E-state index contributed by atoms with van der Waals surface area (Å²) in [4.78, 5) is 16.0. The van der Waals surface area contributed by atoms with Crippen LogP contribution in [-0.2, 0) is 13.1 Å². The van der Waals surface area contributed by atoms with E-state index in [-0.39, 0.29) is 37.2 Å². The van der Waals surface area contributed by atoms with Crippen molar-refractivity contribution in [2.75, 3.05) is 19.6 Å². The molecule has 0 N–H and O–H groups in total. The van der Waals surface area contributed by atoms with Crippen molar-refractivity contribution < 1.29 is 18.3 Å². The number of carbonyl (C=O) groups excluding carboxylic acids is 1. The second kappa shape index (κ2) is 8.90. The fraction of sp³-hybridized carbons (Fsp3) is 0.591. The lowest BCUT2D eigenvalue weighted by molar-refractivity contribution is 0.0113. The molecule has 0 aliphatic carbocycles. The quantitative estimate of drug-likeness (QED) is 0.671. The van der Waals surface area contributed by atoms with Crippen molar-refractivity contribution in [2.45, 2.75) is 64.3 Å². The van der Waals surface area contributed by atoms with Crippen LogP contribution in [0, 0.1) is 0 Å². The third-order valence-corrected chi connectivity index (χ3v) is 5.71. The summed E-state index contributed by atoms with van der Waals surface area (Å²) in [5, 5.41) is 8.01. The van der Waals surface area contributed by atoms with Gasteiger partial charge < -0.3 is 9.64 Å². The van der Waals surface area contributed by atoms with E-state index in [2.05, 4.69) is 10.3 Å². The Morgan fingerprint density at radius 1 is 1.23 bits per heavy atom.